The van der Waals surface area contributed by atoms with Gasteiger partial charge in [-0.05, 0) is 60.7 Å². The third kappa shape index (κ3) is 6.27. The number of aliphatic hydroxyl groups is 1. The van der Waals surface area contributed by atoms with Crippen molar-refractivity contribution in [3.8, 4) is 6.07 Å². The topological polar surface area (TPSA) is 85.6 Å². The van der Waals surface area contributed by atoms with Gasteiger partial charge in [-0.3, -0.25) is 0 Å². The number of aliphatic hydroxyl groups excluding tert-OH is 1. The zero-order valence-electron chi connectivity index (χ0n) is 19.8. The Hall–Kier alpha value is -3.66. The Balaban J connectivity index is 1.30. The fraction of sp³-hybridized carbons (Fsp3) is 0.310. The molecule has 0 radical (unpaired) electrons. The van der Waals surface area contributed by atoms with Crippen molar-refractivity contribution >= 4 is 11.7 Å². The summed E-state index contributed by atoms with van der Waals surface area (Å²) in [6.45, 7) is 2.69. The number of nitrogens with zero attached hydrogens (tertiary/aromatic N) is 2. The Morgan fingerprint density at radius 2 is 1.86 bits per heavy atom. The molecule has 3 aromatic carbocycles. The highest BCUT2D eigenvalue weighted by molar-refractivity contribution is 5.89. The summed E-state index contributed by atoms with van der Waals surface area (Å²) < 4.78 is 5.40. The number of nitrogens with one attached hydrogen (secondary N) is 1. The van der Waals surface area contributed by atoms with Crippen LogP contribution >= 0.6 is 0 Å². The van der Waals surface area contributed by atoms with E-state index in [4.69, 9.17) is 4.74 Å². The molecule has 4 rings (SSSR count). The predicted molar refractivity (Wildman–Crippen MR) is 136 cm³/mol. The first-order chi connectivity index (χ1) is 17.2. The maximum atomic E-state index is 12.1. The summed E-state index contributed by atoms with van der Waals surface area (Å²) in [6.07, 6.45) is 2.38. The van der Waals surface area contributed by atoms with Crippen molar-refractivity contribution in [2.24, 2.45) is 0 Å². The molecule has 1 unspecified atom stereocenters. The molecule has 0 saturated heterocycles. The van der Waals surface area contributed by atoms with Crippen LogP contribution in [0.25, 0.3) is 0 Å². The van der Waals surface area contributed by atoms with Crippen LogP contribution in [0.4, 0.5) is 5.69 Å². The third-order valence-corrected chi connectivity index (χ3v) is 6.34. The van der Waals surface area contributed by atoms with Crippen LogP contribution < -0.4 is 10.2 Å². The smallest absolute Gasteiger partial charge is 0.338 e. The molecule has 6 heteroatoms. The molecule has 0 spiro atoms. The van der Waals surface area contributed by atoms with Crippen molar-refractivity contribution in [1.82, 2.24) is 5.32 Å². The van der Waals surface area contributed by atoms with Crippen LogP contribution in [0.3, 0.4) is 0 Å². The number of hydrogen-bond acceptors (Lipinski definition) is 6. The molecule has 0 amide bonds. The summed E-state index contributed by atoms with van der Waals surface area (Å²) in [5.41, 5.74) is 5.64. The van der Waals surface area contributed by atoms with Crippen LogP contribution in [0.2, 0.25) is 0 Å². The molecular formula is C29H31N3O3. The van der Waals surface area contributed by atoms with Gasteiger partial charge in [-0.2, -0.15) is 5.26 Å². The van der Waals surface area contributed by atoms with Gasteiger partial charge in [-0.1, -0.05) is 54.6 Å². The number of nitriles is 1. The van der Waals surface area contributed by atoms with Gasteiger partial charge in [-0.15, -0.1) is 0 Å². The first-order valence-corrected chi connectivity index (χ1v) is 12.1. The Kier molecular flexibility index (Phi) is 8.50. The third-order valence-electron chi connectivity index (χ3n) is 6.34. The second kappa shape index (κ2) is 12.2. The molecule has 0 saturated carbocycles. The van der Waals surface area contributed by atoms with Crippen molar-refractivity contribution in [1.29, 1.82) is 5.26 Å². The highest BCUT2D eigenvalue weighted by Gasteiger charge is 2.23. The number of fused-ring (bicyclic) bond motifs is 1. The maximum Gasteiger partial charge on any atom is 0.338 e. The molecule has 180 valence electrons. The lowest BCUT2D eigenvalue weighted by molar-refractivity contribution is 0.0502. The molecule has 3 aromatic rings. The van der Waals surface area contributed by atoms with Gasteiger partial charge in [0, 0.05) is 13.1 Å². The van der Waals surface area contributed by atoms with E-state index in [-0.39, 0.29) is 18.6 Å². The van der Waals surface area contributed by atoms with Gasteiger partial charge in [0.2, 0.25) is 0 Å². The lowest BCUT2D eigenvalue weighted by Crippen LogP contribution is -2.26. The minimum atomic E-state index is -0.306. The van der Waals surface area contributed by atoms with E-state index in [2.05, 4.69) is 22.4 Å². The normalized spacial score (nSPS) is 13.2. The van der Waals surface area contributed by atoms with Gasteiger partial charge < -0.3 is 20.1 Å². The molecule has 1 atom stereocenters. The Morgan fingerprint density at radius 1 is 1.11 bits per heavy atom. The van der Waals surface area contributed by atoms with E-state index in [1.54, 1.807) is 12.1 Å². The van der Waals surface area contributed by atoms with E-state index in [0.29, 0.717) is 30.7 Å². The van der Waals surface area contributed by atoms with Gasteiger partial charge in [0.05, 0.1) is 36.1 Å². The molecule has 35 heavy (non-hydrogen) atoms. The monoisotopic (exact) mass is 469 g/mol. The molecule has 0 aromatic heterocycles. The molecule has 1 heterocycles. The SMILES string of the molecule is N#Cc1cc(CCNC(CO)c2ccccc2)cc2c1N(CCCOC(=O)c1ccccc1)CC2. The Bertz CT molecular complexity index is 1160. The van der Waals surface area contributed by atoms with Crippen LogP contribution in [0.1, 0.15) is 45.1 Å². The summed E-state index contributed by atoms with van der Waals surface area (Å²) in [6, 6.07) is 25.4. The number of esters is 1. The van der Waals surface area contributed by atoms with E-state index < -0.39 is 0 Å². The van der Waals surface area contributed by atoms with Crippen LogP contribution in [-0.2, 0) is 17.6 Å². The van der Waals surface area contributed by atoms with E-state index >= 15 is 0 Å². The zero-order valence-corrected chi connectivity index (χ0v) is 19.8. The number of benzene rings is 3. The highest BCUT2D eigenvalue weighted by atomic mass is 16.5. The first kappa shape index (κ1) is 24.5. The average Bonchev–Trinajstić information content (AvgIpc) is 3.32. The van der Waals surface area contributed by atoms with Crippen molar-refractivity contribution in [2.75, 3.05) is 37.7 Å². The molecule has 1 aliphatic heterocycles. The fourth-order valence-corrected chi connectivity index (χ4v) is 4.59. The summed E-state index contributed by atoms with van der Waals surface area (Å²) >= 11 is 0. The van der Waals surface area contributed by atoms with Gasteiger partial charge in [0.15, 0.2) is 0 Å². The fourth-order valence-electron chi connectivity index (χ4n) is 4.59. The van der Waals surface area contributed by atoms with Gasteiger partial charge in [0.25, 0.3) is 0 Å². The van der Waals surface area contributed by atoms with E-state index in [1.165, 1.54) is 5.56 Å². The Labute approximate surface area is 206 Å². The van der Waals surface area contributed by atoms with Crippen LogP contribution in [0.15, 0.2) is 72.8 Å². The summed E-state index contributed by atoms with van der Waals surface area (Å²) in [5, 5.41) is 23.0. The lowest BCUT2D eigenvalue weighted by Gasteiger charge is -2.21. The average molecular weight is 470 g/mol. The number of anilines is 1. The van der Waals surface area contributed by atoms with E-state index in [1.807, 2.05) is 54.6 Å². The zero-order chi connectivity index (χ0) is 24.5. The van der Waals surface area contributed by atoms with Crippen molar-refractivity contribution in [2.45, 2.75) is 25.3 Å². The van der Waals surface area contributed by atoms with Gasteiger partial charge >= 0.3 is 5.97 Å². The van der Waals surface area contributed by atoms with Crippen molar-refractivity contribution in [3.05, 3.63) is 101 Å². The molecule has 0 fully saturated rings. The van der Waals surface area contributed by atoms with Crippen LogP contribution in [-0.4, -0.2) is 43.9 Å². The second-order valence-corrected chi connectivity index (χ2v) is 8.71. The number of carbonyl (C=O) groups excluding carboxylic acids is 1. The molecular weight excluding hydrogens is 438 g/mol. The number of rotatable bonds is 11. The minimum Gasteiger partial charge on any atom is -0.462 e. The molecule has 1 aliphatic rings. The van der Waals surface area contributed by atoms with Crippen LogP contribution in [0, 0.1) is 11.3 Å². The van der Waals surface area contributed by atoms with Gasteiger partial charge in [0.1, 0.15) is 6.07 Å². The molecule has 0 aliphatic carbocycles. The molecule has 0 bridgehead atoms. The highest BCUT2D eigenvalue weighted by Crippen LogP contribution is 2.33. The maximum absolute atomic E-state index is 12.1. The van der Waals surface area contributed by atoms with Crippen molar-refractivity contribution in [3.63, 3.8) is 0 Å². The first-order valence-electron chi connectivity index (χ1n) is 12.1. The van der Waals surface area contributed by atoms with E-state index in [0.717, 1.165) is 42.7 Å². The standard InChI is InChI=1S/C29H31N3O3/c30-20-26-19-22(12-14-31-27(21-33)23-8-3-1-4-9-23)18-25-13-16-32(28(25)26)15-7-17-35-29(34)24-10-5-2-6-11-24/h1-6,8-11,18-19,27,31,33H,7,12-17,21H2. The molecule has 2 N–H and O–H groups in total. The number of carbonyl (C=O) groups is 1. The largest absolute Gasteiger partial charge is 0.462 e. The predicted octanol–water partition coefficient (Wildman–Crippen LogP) is 4.03. The quantitative estimate of drug-likeness (QED) is 0.326. The minimum absolute atomic E-state index is 0.0350. The summed E-state index contributed by atoms with van der Waals surface area (Å²) in [7, 11) is 0. The summed E-state index contributed by atoms with van der Waals surface area (Å²) in [4.78, 5) is 14.3. The second-order valence-electron chi connectivity index (χ2n) is 8.71. The number of hydrogen-bond donors (Lipinski definition) is 2. The Morgan fingerprint density at radius 3 is 2.57 bits per heavy atom. The molecule has 6 nitrogen and oxygen atoms in total. The van der Waals surface area contributed by atoms with Gasteiger partial charge in [-0.25, -0.2) is 4.79 Å². The lowest BCUT2D eigenvalue weighted by atomic mass is 10.0. The number of ether oxygens (including phenoxy) is 1. The van der Waals surface area contributed by atoms with E-state index in [9.17, 15) is 15.2 Å². The summed E-state index contributed by atoms with van der Waals surface area (Å²) in [5.74, 6) is -0.306. The van der Waals surface area contributed by atoms with Crippen molar-refractivity contribution < 1.29 is 14.6 Å². The van der Waals surface area contributed by atoms with Crippen LogP contribution in [0.5, 0.6) is 0 Å².